The van der Waals surface area contributed by atoms with Crippen LogP contribution in [0.5, 0.6) is 0 Å². The van der Waals surface area contributed by atoms with Gasteiger partial charge in [0.1, 0.15) is 5.02 Å². The summed E-state index contributed by atoms with van der Waals surface area (Å²) in [6.07, 6.45) is 0. The number of nitro benzene ring substituents is 1. The minimum absolute atomic E-state index is 0.0540. The number of rotatable bonds is 3. The Balaban J connectivity index is 2.33. The SMILES string of the molecule is Cc1ccc(NC(=O)c2cccc([N+](=O)[O-])c2Cl)c(Br)c1. The van der Waals surface area contributed by atoms with Crippen LogP contribution in [0.3, 0.4) is 0 Å². The third kappa shape index (κ3) is 3.40. The third-order valence-corrected chi connectivity index (χ3v) is 3.85. The Hall–Kier alpha value is -1.92. The van der Waals surface area contributed by atoms with E-state index in [1.807, 2.05) is 19.1 Å². The molecule has 0 atom stereocenters. The number of hydrogen-bond acceptors (Lipinski definition) is 3. The van der Waals surface area contributed by atoms with Gasteiger partial charge >= 0.3 is 0 Å². The fourth-order valence-corrected chi connectivity index (χ4v) is 2.62. The predicted molar refractivity (Wildman–Crippen MR) is 84.9 cm³/mol. The van der Waals surface area contributed by atoms with Gasteiger partial charge in [-0.25, -0.2) is 0 Å². The Bertz CT molecular complexity index is 734. The van der Waals surface area contributed by atoms with E-state index in [2.05, 4.69) is 21.2 Å². The van der Waals surface area contributed by atoms with Gasteiger partial charge < -0.3 is 5.32 Å². The van der Waals surface area contributed by atoms with Crippen molar-refractivity contribution in [2.45, 2.75) is 6.92 Å². The van der Waals surface area contributed by atoms with Crippen molar-refractivity contribution < 1.29 is 9.72 Å². The molecule has 0 heterocycles. The number of anilines is 1. The van der Waals surface area contributed by atoms with Gasteiger partial charge in [0.2, 0.25) is 0 Å². The van der Waals surface area contributed by atoms with Crippen LogP contribution in [0.15, 0.2) is 40.9 Å². The average molecular weight is 370 g/mol. The molecule has 1 N–H and O–H groups in total. The lowest BCUT2D eigenvalue weighted by Gasteiger charge is -2.09. The fourth-order valence-electron chi connectivity index (χ4n) is 1.75. The molecule has 1 amide bonds. The molecular formula is C14H10BrClN2O3. The maximum absolute atomic E-state index is 12.2. The predicted octanol–water partition coefficient (Wildman–Crippen LogP) is 4.57. The molecule has 0 unspecified atom stereocenters. The molecule has 21 heavy (non-hydrogen) atoms. The summed E-state index contributed by atoms with van der Waals surface area (Å²) >= 11 is 9.26. The topological polar surface area (TPSA) is 72.2 Å². The van der Waals surface area contributed by atoms with Crippen LogP contribution in [0.25, 0.3) is 0 Å². The van der Waals surface area contributed by atoms with E-state index in [9.17, 15) is 14.9 Å². The van der Waals surface area contributed by atoms with E-state index in [0.717, 1.165) is 10.0 Å². The molecule has 0 saturated heterocycles. The Morgan fingerprint density at radius 2 is 2.05 bits per heavy atom. The van der Waals surface area contributed by atoms with Crippen LogP contribution in [0.1, 0.15) is 15.9 Å². The highest BCUT2D eigenvalue weighted by Gasteiger charge is 2.20. The van der Waals surface area contributed by atoms with E-state index in [0.29, 0.717) is 5.69 Å². The molecule has 0 aliphatic carbocycles. The van der Waals surface area contributed by atoms with Crippen LogP contribution < -0.4 is 5.32 Å². The summed E-state index contributed by atoms with van der Waals surface area (Å²) in [7, 11) is 0. The number of nitro groups is 1. The number of halogens is 2. The van der Waals surface area contributed by atoms with Gasteiger partial charge in [0, 0.05) is 10.5 Å². The van der Waals surface area contributed by atoms with Crippen molar-refractivity contribution in [3.05, 3.63) is 67.1 Å². The number of hydrogen-bond donors (Lipinski definition) is 1. The van der Waals surface area contributed by atoms with E-state index < -0.39 is 10.8 Å². The number of benzene rings is 2. The number of nitrogens with one attached hydrogen (secondary N) is 1. The summed E-state index contributed by atoms with van der Waals surface area (Å²) in [4.78, 5) is 22.4. The average Bonchev–Trinajstić information content (AvgIpc) is 2.41. The third-order valence-electron chi connectivity index (χ3n) is 2.79. The van der Waals surface area contributed by atoms with Gasteiger partial charge in [-0.15, -0.1) is 0 Å². The second-order valence-electron chi connectivity index (χ2n) is 4.33. The summed E-state index contributed by atoms with van der Waals surface area (Å²) in [6, 6.07) is 9.54. The largest absolute Gasteiger partial charge is 0.321 e. The van der Waals surface area contributed by atoms with Gasteiger partial charge in [-0.05, 0) is 46.6 Å². The summed E-state index contributed by atoms with van der Waals surface area (Å²) in [5.74, 6) is -0.506. The van der Waals surface area contributed by atoms with Gasteiger partial charge in [0.15, 0.2) is 0 Å². The van der Waals surface area contributed by atoms with Crippen LogP contribution in [-0.4, -0.2) is 10.8 Å². The van der Waals surface area contributed by atoms with E-state index >= 15 is 0 Å². The summed E-state index contributed by atoms with van der Waals surface area (Å²) < 4.78 is 0.720. The molecule has 0 saturated carbocycles. The molecule has 2 aromatic carbocycles. The molecule has 2 rings (SSSR count). The van der Waals surface area contributed by atoms with Crippen LogP contribution in [0.2, 0.25) is 5.02 Å². The maximum Gasteiger partial charge on any atom is 0.288 e. The number of carbonyl (C=O) groups is 1. The number of amides is 1. The monoisotopic (exact) mass is 368 g/mol. The van der Waals surface area contributed by atoms with Crippen molar-refractivity contribution >= 4 is 44.8 Å². The minimum Gasteiger partial charge on any atom is -0.321 e. The molecule has 0 spiro atoms. The highest BCUT2D eigenvalue weighted by Crippen LogP contribution is 2.29. The Kier molecular flexibility index (Phi) is 4.59. The lowest BCUT2D eigenvalue weighted by molar-refractivity contribution is -0.384. The van der Waals surface area contributed by atoms with Gasteiger partial charge in [-0.2, -0.15) is 0 Å². The van der Waals surface area contributed by atoms with Crippen molar-refractivity contribution in [1.29, 1.82) is 0 Å². The second kappa shape index (κ2) is 6.24. The van der Waals surface area contributed by atoms with Crippen LogP contribution in [-0.2, 0) is 0 Å². The van der Waals surface area contributed by atoms with Crippen molar-refractivity contribution in [3.63, 3.8) is 0 Å². The maximum atomic E-state index is 12.2. The van der Waals surface area contributed by atoms with E-state index in [1.54, 1.807) is 6.07 Å². The van der Waals surface area contributed by atoms with E-state index in [4.69, 9.17) is 11.6 Å². The van der Waals surface area contributed by atoms with Crippen LogP contribution in [0, 0.1) is 17.0 Å². The molecule has 7 heteroatoms. The molecular weight excluding hydrogens is 360 g/mol. The zero-order valence-corrected chi connectivity index (χ0v) is 13.2. The highest BCUT2D eigenvalue weighted by molar-refractivity contribution is 9.10. The molecule has 2 aromatic rings. The minimum atomic E-state index is -0.624. The first kappa shape index (κ1) is 15.5. The first-order chi connectivity index (χ1) is 9.90. The quantitative estimate of drug-likeness (QED) is 0.636. The number of carbonyl (C=O) groups excluding carboxylic acids is 1. The standard InChI is InChI=1S/C14H10BrClN2O3/c1-8-5-6-11(10(15)7-8)17-14(19)9-3-2-4-12(13(9)16)18(20)21/h2-7H,1H3,(H,17,19). The number of nitrogens with zero attached hydrogens (tertiary/aromatic N) is 1. The molecule has 0 aromatic heterocycles. The fraction of sp³-hybridized carbons (Fsp3) is 0.0714. The summed E-state index contributed by atoms with van der Waals surface area (Å²) in [5, 5.41) is 13.3. The van der Waals surface area contributed by atoms with Crippen molar-refractivity contribution in [1.82, 2.24) is 0 Å². The Morgan fingerprint density at radius 1 is 1.33 bits per heavy atom. The molecule has 0 aliphatic rings. The van der Waals surface area contributed by atoms with Crippen molar-refractivity contribution in [3.8, 4) is 0 Å². The molecule has 0 bridgehead atoms. The zero-order valence-electron chi connectivity index (χ0n) is 10.9. The lowest BCUT2D eigenvalue weighted by Crippen LogP contribution is -2.13. The molecule has 0 fully saturated rings. The highest BCUT2D eigenvalue weighted by atomic mass is 79.9. The van der Waals surface area contributed by atoms with Crippen LogP contribution >= 0.6 is 27.5 Å². The van der Waals surface area contributed by atoms with Crippen molar-refractivity contribution in [2.75, 3.05) is 5.32 Å². The molecule has 108 valence electrons. The van der Waals surface area contributed by atoms with Gasteiger partial charge in [0.05, 0.1) is 16.2 Å². The number of aryl methyl sites for hydroxylation is 1. The zero-order chi connectivity index (χ0) is 15.6. The van der Waals surface area contributed by atoms with Gasteiger partial charge in [0.25, 0.3) is 11.6 Å². The smallest absolute Gasteiger partial charge is 0.288 e. The molecule has 0 aliphatic heterocycles. The first-order valence-electron chi connectivity index (χ1n) is 5.90. The Morgan fingerprint density at radius 3 is 2.67 bits per heavy atom. The molecule has 0 radical (unpaired) electrons. The van der Waals surface area contributed by atoms with Gasteiger partial charge in [-0.1, -0.05) is 23.7 Å². The summed E-state index contributed by atoms with van der Waals surface area (Å²) in [5.41, 5.74) is 1.35. The second-order valence-corrected chi connectivity index (χ2v) is 5.57. The van der Waals surface area contributed by atoms with Crippen LogP contribution in [0.4, 0.5) is 11.4 Å². The first-order valence-corrected chi connectivity index (χ1v) is 7.07. The lowest BCUT2D eigenvalue weighted by atomic mass is 10.1. The van der Waals surface area contributed by atoms with E-state index in [1.165, 1.54) is 18.2 Å². The summed E-state index contributed by atoms with van der Waals surface area (Å²) in [6.45, 7) is 1.92. The normalized spacial score (nSPS) is 10.2. The van der Waals surface area contributed by atoms with E-state index in [-0.39, 0.29) is 16.3 Å². The molecule has 5 nitrogen and oxygen atoms in total. The van der Waals surface area contributed by atoms with Crippen molar-refractivity contribution in [2.24, 2.45) is 0 Å². The van der Waals surface area contributed by atoms with Gasteiger partial charge in [-0.3, -0.25) is 14.9 Å². The Labute approximate surface area is 134 Å².